The molecule has 6 heterocycles. The van der Waals surface area contributed by atoms with Gasteiger partial charge in [-0.2, -0.15) is 10.2 Å². The van der Waals surface area contributed by atoms with Gasteiger partial charge in [-0.15, -0.1) is 0 Å². The lowest BCUT2D eigenvalue weighted by molar-refractivity contribution is -0.386. The van der Waals surface area contributed by atoms with Gasteiger partial charge in [-0.1, -0.05) is 24.3 Å². The summed E-state index contributed by atoms with van der Waals surface area (Å²) < 4.78 is 14.4. The molecule has 8 rings (SSSR count). The van der Waals surface area contributed by atoms with E-state index in [1.54, 1.807) is 26.6 Å². The quantitative estimate of drug-likeness (QED) is 0.0896. The number of anilines is 5. The van der Waals surface area contributed by atoms with E-state index in [-0.39, 0.29) is 5.69 Å². The summed E-state index contributed by atoms with van der Waals surface area (Å²) in [5, 5.41) is 26.8. The Morgan fingerprint density at radius 2 is 1.12 bits per heavy atom. The lowest BCUT2D eigenvalue weighted by atomic mass is 10.1. The molecule has 2 fully saturated rings. The number of hydrogen-bond donors (Lipinski definition) is 3. The maximum Gasteiger partial charge on any atom is 0.309 e. The summed E-state index contributed by atoms with van der Waals surface area (Å²) in [5.41, 5.74) is 11.3. The van der Waals surface area contributed by atoms with Crippen LogP contribution in [0.2, 0.25) is 0 Å². The van der Waals surface area contributed by atoms with Gasteiger partial charge in [0.05, 0.1) is 72.6 Å². The van der Waals surface area contributed by atoms with Crippen LogP contribution < -0.4 is 25.8 Å². The Kier molecular flexibility index (Phi) is 13.4. The molecular formula is C42H52N14O4. The molecule has 2 aliphatic rings. The van der Waals surface area contributed by atoms with Crippen molar-refractivity contribution in [2.24, 2.45) is 0 Å². The first-order chi connectivity index (χ1) is 29.1. The van der Waals surface area contributed by atoms with E-state index < -0.39 is 4.92 Å². The number of nitrogens with two attached hydrogens (primary N) is 1. The molecular weight excluding hydrogens is 765 g/mol. The Hall–Kier alpha value is -6.66. The third kappa shape index (κ3) is 10.9. The SMILES string of the molecule is COc1ccc(Cc2nc(Nc3cnn(C4CCN(C)CC4)c3)ncc2N)cc1.COc1ccc(Cc2nc(Nc3cnn(C4CCN(C)CC4)c3)ncc2[N+](=O)[O-])cc1. The van der Waals surface area contributed by atoms with E-state index in [0.717, 1.165) is 91.6 Å². The third-order valence-electron chi connectivity index (χ3n) is 10.8. The Balaban J connectivity index is 0.000000182. The van der Waals surface area contributed by atoms with Crippen LogP contribution in [0.3, 0.4) is 0 Å². The summed E-state index contributed by atoms with van der Waals surface area (Å²) in [4.78, 5) is 33.1. The molecule has 2 aliphatic heterocycles. The second-order valence-corrected chi connectivity index (χ2v) is 15.2. The molecule has 2 aromatic carbocycles. The largest absolute Gasteiger partial charge is 0.497 e. The molecule has 0 spiro atoms. The minimum Gasteiger partial charge on any atom is -0.497 e. The van der Waals surface area contributed by atoms with Crippen LogP contribution in [-0.2, 0) is 12.8 Å². The monoisotopic (exact) mass is 816 g/mol. The van der Waals surface area contributed by atoms with E-state index in [4.69, 9.17) is 15.2 Å². The summed E-state index contributed by atoms with van der Waals surface area (Å²) in [7, 11) is 7.54. The minimum absolute atomic E-state index is 0.108. The third-order valence-corrected chi connectivity index (χ3v) is 10.8. The Labute approximate surface area is 348 Å². The zero-order valence-corrected chi connectivity index (χ0v) is 34.4. The maximum atomic E-state index is 11.5. The number of ether oxygens (including phenoxy) is 2. The Bertz CT molecular complexity index is 2320. The van der Waals surface area contributed by atoms with Crippen molar-refractivity contribution < 1.29 is 14.4 Å². The second-order valence-electron chi connectivity index (χ2n) is 15.2. The molecule has 60 heavy (non-hydrogen) atoms. The van der Waals surface area contributed by atoms with Gasteiger partial charge in [0.15, 0.2) is 0 Å². The lowest BCUT2D eigenvalue weighted by Gasteiger charge is -2.28. The maximum absolute atomic E-state index is 11.5. The summed E-state index contributed by atoms with van der Waals surface area (Å²) in [6, 6.07) is 16.1. The fraction of sp³-hybridized carbons (Fsp3) is 0.381. The van der Waals surface area contributed by atoms with Crippen molar-refractivity contribution in [1.82, 2.24) is 49.3 Å². The van der Waals surface area contributed by atoms with Gasteiger partial charge in [0, 0.05) is 25.2 Å². The molecule has 0 saturated carbocycles. The molecule has 314 valence electrons. The number of nitrogens with zero attached hydrogens (tertiary/aromatic N) is 11. The van der Waals surface area contributed by atoms with Crippen LogP contribution in [-0.4, -0.2) is 109 Å². The van der Waals surface area contributed by atoms with E-state index in [2.05, 4.69) is 64.7 Å². The van der Waals surface area contributed by atoms with Crippen LogP contribution in [0.5, 0.6) is 11.5 Å². The second kappa shape index (κ2) is 19.4. The van der Waals surface area contributed by atoms with Crippen LogP contribution in [0, 0.1) is 10.1 Å². The molecule has 6 aromatic rings. The molecule has 0 aliphatic carbocycles. The predicted octanol–water partition coefficient (Wildman–Crippen LogP) is 6.06. The zero-order chi connectivity index (χ0) is 42.0. The fourth-order valence-electron chi connectivity index (χ4n) is 7.24. The molecule has 2 saturated heterocycles. The highest BCUT2D eigenvalue weighted by Gasteiger charge is 2.22. The van der Waals surface area contributed by atoms with E-state index >= 15 is 0 Å². The molecule has 4 aromatic heterocycles. The van der Waals surface area contributed by atoms with Gasteiger partial charge in [-0.3, -0.25) is 19.5 Å². The summed E-state index contributed by atoms with van der Waals surface area (Å²) in [6.07, 6.45) is 15.7. The van der Waals surface area contributed by atoms with E-state index in [1.165, 1.54) is 6.20 Å². The first-order valence-corrected chi connectivity index (χ1v) is 20.0. The molecule has 18 nitrogen and oxygen atoms in total. The number of methoxy groups -OCH3 is 2. The molecule has 18 heteroatoms. The lowest BCUT2D eigenvalue weighted by Crippen LogP contribution is -2.31. The first kappa shape index (κ1) is 41.5. The van der Waals surface area contributed by atoms with Crippen LogP contribution in [0.1, 0.15) is 60.3 Å². The summed E-state index contributed by atoms with van der Waals surface area (Å²) >= 11 is 0. The highest BCUT2D eigenvalue weighted by atomic mass is 16.6. The number of benzene rings is 2. The van der Waals surface area contributed by atoms with Gasteiger partial charge in [-0.25, -0.2) is 19.9 Å². The van der Waals surface area contributed by atoms with Crippen LogP contribution in [0.4, 0.5) is 34.6 Å². The van der Waals surface area contributed by atoms with Crippen molar-refractivity contribution in [3.05, 3.63) is 118 Å². The first-order valence-electron chi connectivity index (χ1n) is 20.0. The van der Waals surface area contributed by atoms with Crippen LogP contribution in [0.25, 0.3) is 0 Å². The number of nitrogen functional groups attached to an aromatic ring is 1. The van der Waals surface area contributed by atoms with E-state index in [9.17, 15) is 10.1 Å². The number of likely N-dealkylation sites (tertiary alicyclic amines) is 2. The van der Waals surface area contributed by atoms with Crippen molar-refractivity contribution >= 4 is 34.6 Å². The average molecular weight is 817 g/mol. The van der Waals surface area contributed by atoms with Crippen LogP contribution in [0.15, 0.2) is 85.7 Å². The highest BCUT2D eigenvalue weighted by molar-refractivity contribution is 5.54. The number of piperidine rings is 2. The predicted molar refractivity (Wildman–Crippen MR) is 229 cm³/mol. The molecule has 0 amide bonds. The van der Waals surface area contributed by atoms with Gasteiger partial charge in [-0.05, 0) is 101 Å². The fourth-order valence-corrected chi connectivity index (χ4v) is 7.24. The molecule has 0 radical (unpaired) electrons. The van der Waals surface area contributed by atoms with Gasteiger partial charge in [0.1, 0.15) is 23.4 Å². The Morgan fingerprint density at radius 3 is 1.57 bits per heavy atom. The minimum atomic E-state index is -0.458. The van der Waals surface area contributed by atoms with Crippen LogP contribution >= 0.6 is 0 Å². The van der Waals surface area contributed by atoms with Crippen molar-refractivity contribution in [1.29, 1.82) is 0 Å². The molecule has 0 atom stereocenters. The zero-order valence-electron chi connectivity index (χ0n) is 34.4. The number of nitrogens with one attached hydrogen (secondary N) is 2. The summed E-state index contributed by atoms with van der Waals surface area (Å²) in [6.45, 7) is 4.30. The van der Waals surface area contributed by atoms with E-state index in [0.29, 0.717) is 48.2 Å². The normalized spacial score (nSPS) is 15.2. The molecule has 0 bridgehead atoms. The van der Waals surface area contributed by atoms with Crippen molar-refractivity contribution in [3.8, 4) is 11.5 Å². The number of hydrogen-bond acceptors (Lipinski definition) is 15. The smallest absolute Gasteiger partial charge is 0.309 e. The number of aromatic nitrogens is 8. The molecule has 4 N–H and O–H groups in total. The van der Waals surface area contributed by atoms with Crippen molar-refractivity contribution in [2.75, 3.05) is 70.9 Å². The van der Waals surface area contributed by atoms with Gasteiger partial charge < -0.3 is 35.6 Å². The molecule has 0 unspecified atom stereocenters. The van der Waals surface area contributed by atoms with Gasteiger partial charge >= 0.3 is 5.69 Å². The number of nitro groups is 1. The van der Waals surface area contributed by atoms with E-state index in [1.807, 2.05) is 76.5 Å². The Morgan fingerprint density at radius 1 is 0.683 bits per heavy atom. The average Bonchev–Trinajstić information content (AvgIpc) is 3.93. The van der Waals surface area contributed by atoms with Gasteiger partial charge in [0.25, 0.3) is 0 Å². The number of rotatable bonds is 13. The standard InChI is InChI=1S/C21H25N7O3.C21H27N7O/c1-26-9-7-17(8-10-26)27-14-16(12-23-27)24-21-22-13-20(28(29)30)19(25-21)11-15-3-5-18(31-2)6-4-15;1-27-9-7-17(8-10-27)28-14-16(12-24-28)25-21-23-13-19(22)20(26-21)11-15-3-5-18(29-2)6-4-15/h3-6,12-14,17H,7-11H2,1-2H3,(H,22,24,25);3-6,12-14,17H,7-11,22H2,1-2H3,(H,23,25,26). The topological polar surface area (TPSA) is 205 Å². The van der Waals surface area contributed by atoms with Gasteiger partial charge in [0.2, 0.25) is 11.9 Å². The van der Waals surface area contributed by atoms with Crippen molar-refractivity contribution in [2.45, 2.75) is 50.6 Å². The summed E-state index contributed by atoms with van der Waals surface area (Å²) in [5.74, 6) is 2.38. The highest BCUT2D eigenvalue weighted by Crippen LogP contribution is 2.27. The van der Waals surface area contributed by atoms with Crippen molar-refractivity contribution in [3.63, 3.8) is 0 Å².